The summed E-state index contributed by atoms with van der Waals surface area (Å²) in [6, 6.07) is 16.4. The van der Waals surface area contributed by atoms with E-state index in [-0.39, 0.29) is 17.7 Å². The van der Waals surface area contributed by atoms with Crippen molar-refractivity contribution in [3.8, 4) is 0 Å². The summed E-state index contributed by atoms with van der Waals surface area (Å²) in [4.78, 5) is 29.7. The molecule has 4 nitrogen and oxygen atoms in total. The fraction of sp³-hybridized carbons (Fsp3) is 0.462. The Bertz CT molecular complexity index is 878. The van der Waals surface area contributed by atoms with Crippen LogP contribution in [0.25, 0.3) is 0 Å². The van der Waals surface area contributed by atoms with Gasteiger partial charge in [-0.1, -0.05) is 54.8 Å². The van der Waals surface area contributed by atoms with Gasteiger partial charge < -0.3 is 9.80 Å². The van der Waals surface area contributed by atoms with Crippen molar-refractivity contribution >= 4 is 17.5 Å². The van der Waals surface area contributed by atoms with E-state index < -0.39 is 0 Å². The fourth-order valence-corrected chi connectivity index (χ4v) is 4.73. The Morgan fingerprint density at radius 1 is 0.933 bits per heavy atom. The van der Waals surface area contributed by atoms with E-state index in [0.29, 0.717) is 13.0 Å². The molecular weight excluding hydrogens is 372 g/mol. The summed E-state index contributed by atoms with van der Waals surface area (Å²) in [5.41, 5.74) is 4.29. The molecule has 2 aromatic rings. The summed E-state index contributed by atoms with van der Waals surface area (Å²) in [5, 5.41) is 0. The molecule has 1 saturated heterocycles. The zero-order valence-corrected chi connectivity index (χ0v) is 18.0. The number of benzene rings is 2. The third-order valence-electron chi connectivity index (χ3n) is 6.46. The van der Waals surface area contributed by atoms with Crippen molar-refractivity contribution in [3.05, 3.63) is 65.2 Å². The van der Waals surface area contributed by atoms with Gasteiger partial charge in [-0.3, -0.25) is 9.59 Å². The van der Waals surface area contributed by atoms with E-state index in [1.54, 1.807) is 0 Å². The summed E-state index contributed by atoms with van der Waals surface area (Å²) in [6.45, 7) is 4.44. The number of amides is 2. The van der Waals surface area contributed by atoms with E-state index >= 15 is 0 Å². The highest BCUT2D eigenvalue weighted by Crippen LogP contribution is 2.30. The Labute approximate surface area is 179 Å². The molecule has 4 heteroatoms. The molecule has 30 heavy (non-hydrogen) atoms. The summed E-state index contributed by atoms with van der Waals surface area (Å²) in [7, 11) is 0. The second-order valence-electron chi connectivity index (χ2n) is 8.83. The molecule has 0 aromatic heterocycles. The van der Waals surface area contributed by atoms with Crippen LogP contribution in [0.4, 0.5) is 5.69 Å². The van der Waals surface area contributed by atoms with E-state index in [1.807, 2.05) is 34.1 Å². The molecule has 1 heterocycles. The van der Waals surface area contributed by atoms with Crippen molar-refractivity contribution in [2.75, 3.05) is 18.0 Å². The molecule has 1 aliphatic heterocycles. The molecule has 2 fully saturated rings. The van der Waals surface area contributed by atoms with E-state index in [1.165, 1.54) is 5.56 Å². The quantitative estimate of drug-likeness (QED) is 0.688. The number of carbonyl (C=O) groups excluding carboxylic acids is 2. The maximum absolute atomic E-state index is 13.3. The fourth-order valence-electron chi connectivity index (χ4n) is 4.73. The number of hydrogen-bond donors (Lipinski definition) is 0. The molecule has 2 aliphatic rings. The lowest BCUT2D eigenvalue weighted by Gasteiger charge is -2.26. The van der Waals surface area contributed by atoms with E-state index in [4.69, 9.17) is 0 Å². The van der Waals surface area contributed by atoms with Crippen LogP contribution >= 0.6 is 0 Å². The Morgan fingerprint density at radius 3 is 2.30 bits per heavy atom. The maximum Gasteiger partial charge on any atom is 0.230 e. The van der Waals surface area contributed by atoms with E-state index in [2.05, 4.69) is 31.2 Å². The van der Waals surface area contributed by atoms with Crippen LogP contribution in [0.2, 0.25) is 0 Å². The molecular formula is C26H32N2O2. The van der Waals surface area contributed by atoms with Crippen molar-refractivity contribution in [3.63, 3.8) is 0 Å². The van der Waals surface area contributed by atoms with Gasteiger partial charge in [-0.05, 0) is 55.9 Å². The van der Waals surface area contributed by atoms with Crippen LogP contribution in [0.15, 0.2) is 48.5 Å². The number of aryl methyl sites for hydroxylation is 1. The summed E-state index contributed by atoms with van der Waals surface area (Å²) in [5.74, 6) is 0.569. The van der Waals surface area contributed by atoms with Gasteiger partial charge in [0.2, 0.25) is 11.8 Å². The molecule has 2 amide bonds. The normalized spacial score (nSPS) is 16.8. The Kier molecular flexibility index (Phi) is 6.51. The average Bonchev–Trinajstić information content (AvgIpc) is 3.46. The van der Waals surface area contributed by atoms with Gasteiger partial charge in [0, 0.05) is 24.7 Å². The van der Waals surface area contributed by atoms with Crippen LogP contribution in [-0.2, 0) is 22.6 Å². The molecule has 0 spiro atoms. The first-order valence-corrected chi connectivity index (χ1v) is 11.3. The van der Waals surface area contributed by atoms with Gasteiger partial charge in [0.1, 0.15) is 0 Å². The number of hydrogen-bond acceptors (Lipinski definition) is 2. The van der Waals surface area contributed by atoms with Crippen molar-refractivity contribution in [1.82, 2.24) is 4.90 Å². The Hall–Kier alpha value is -2.62. The summed E-state index contributed by atoms with van der Waals surface area (Å²) in [6.07, 6.45) is 6.94. The zero-order valence-electron chi connectivity index (χ0n) is 18.0. The monoisotopic (exact) mass is 404 g/mol. The largest absolute Gasteiger partial charge is 0.342 e. The molecule has 158 valence electrons. The number of carbonyl (C=O) groups is 2. The Balaban J connectivity index is 1.51. The van der Waals surface area contributed by atoms with E-state index in [9.17, 15) is 9.59 Å². The number of likely N-dealkylation sites (tertiary alicyclic amines) is 1. The number of rotatable bonds is 6. The summed E-state index contributed by atoms with van der Waals surface area (Å²) >= 11 is 0. The van der Waals surface area contributed by atoms with Gasteiger partial charge in [-0.25, -0.2) is 0 Å². The first-order chi connectivity index (χ1) is 14.6. The van der Waals surface area contributed by atoms with Crippen molar-refractivity contribution in [1.29, 1.82) is 0 Å². The van der Waals surface area contributed by atoms with Crippen LogP contribution < -0.4 is 4.90 Å². The maximum atomic E-state index is 13.3. The summed E-state index contributed by atoms with van der Waals surface area (Å²) < 4.78 is 0. The minimum absolute atomic E-state index is 0.131. The van der Waals surface area contributed by atoms with E-state index in [0.717, 1.165) is 68.4 Å². The van der Waals surface area contributed by atoms with Gasteiger partial charge in [0.05, 0.1) is 13.0 Å². The third-order valence-corrected chi connectivity index (χ3v) is 6.46. The van der Waals surface area contributed by atoms with Gasteiger partial charge >= 0.3 is 0 Å². The molecule has 0 bridgehead atoms. The van der Waals surface area contributed by atoms with Crippen LogP contribution in [0.5, 0.6) is 0 Å². The van der Waals surface area contributed by atoms with Gasteiger partial charge in [0.25, 0.3) is 0 Å². The first kappa shape index (κ1) is 20.6. The second-order valence-corrected chi connectivity index (χ2v) is 8.83. The lowest BCUT2D eigenvalue weighted by atomic mass is 10.0. The molecule has 1 saturated carbocycles. The standard InChI is InChI=1S/C26H32N2O2/c1-20-7-6-8-22(17-20)19-28(26(30)23-9-2-3-10-23)24-13-11-21(12-14-24)18-25(29)27-15-4-5-16-27/h6-8,11-14,17,23H,2-5,9-10,15-16,18-19H2,1H3. The molecule has 0 N–H and O–H groups in total. The minimum atomic E-state index is 0.131. The van der Waals surface area contributed by atoms with Gasteiger partial charge in [-0.15, -0.1) is 0 Å². The average molecular weight is 405 g/mol. The minimum Gasteiger partial charge on any atom is -0.342 e. The molecule has 4 rings (SSSR count). The Morgan fingerprint density at radius 2 is 1.63 bits per heavy atom. The molecule has 0 unspecified atom stereocenters. The van der Waals surface area contributed by atoms with Crippen molar-refractivity contribution in [2.45, 2.75) is 58.4 Å². The number of nitrogens with zero attached hydrogens (tertiary/aromatic N) is 2. The van der Waals surface area contributed by atoms with Crippen LogP contribution in [0.3, 0.4) is 0 Å². The lowest BCUT2D eigenvalue weighted by Crippen LogP contribution is -2.35. The highest BCUT2D eigenvalue weighted by molar-refractivity contribution is 5.95. The zero-order chi connectivity index (χ0) is 20.9. The lowest BCUT2D eigenvalue weighted by molar-refractivity contribution is -0.129. The van der Waals surface area contributed by atoms with Crippen LogP contribution in [0, 0.1) is 12.8 Å². The third kappa shape index (κ3) is 4.92. The first-order valence-electron chi connectivity index (χ1n) is 11.3. The topological polar surface area (TPSA) is 40.6 Å². The molecule has 0 radical (unpaired) electrons. The smallest absolute Gasteiger partial charge is 0.230 e. The SMILES string of the molecule is Cc1cccc(CN(C(=O)C2CCCC2)c2ccc(CC(=O)N3CCCC3)cc2)c1. The van der Waals surface area contributed by atoms with Crippen molar-refractivity contribution in [2.24, 2.45) is 5.92 Å². The van der Waals surface area contributed by atoms with Crippen molar-refractivity contribution < 1.29 is 9.59 Å². The predicted molar refractivity (Wildman–Crippen MR) is 120 cm³/mol. The highest BCUT2D eigenvalue weighted by atomic mass is 16.2. The second kappa shape index (κ2) is 9.46. The molecule has 0 atom stereocenters. The van der Waals surface area contributed by atoms with Crippen LogP contribution in [0.1, 0.15) is 55.2 Å². The highest BCUT2D eigenvalue weighted by Gasteiger charge is 2.28. The molecule has 1 aliphatic carbocycles. The van der Waals surface area contributed by atoms with Crippen LogP contribution in [-0.4, -0.2) is 29.8 Å². The number of anilines is 1. The van der Waals surface area contributed by atoms with Gasteiger partial charge in [-0.2, -0.15) is 0 Å². The molecule has 2 aromatic carbocycles. The predicted octanol–water partition coefficient (Wildman–Crippen LogP) is 4.88. The van der Waals surface area contributed by atoms with Gasteiger partial charge in [0.15, 0.2) is 0 Å².